The summed E-state index contributed by atoms with van der Waals surface area (Å²) in [5, 5.41) is 0.808. The first-order chi connectivity index (χ1) is 14.2. The molecule has 0 aliphatic carbocycles. The molecule has 2 heterocycles. The van der Waals surface area contributed by atoms with Gasteiger partial charge in [-0.15, -0.1) is 12.4 Å². The molecule has 0 bridgehead atoms. The van der Waals surface area contributed by atoms with Crippen LogP contribution >= 0.6 is 24.0 Å². The number of benzene rings is 2. The first kappa shape index (κ1) is 22.9. The molecule has 2 aromatic rings. The Hall–Kier alpha value is -1.75. The molecule has 0 amide bonds. The minimum atomic E-state index is -0.0764. The largest absolute Gasteiger partial charge is 0.457 e. The van der Waals surface area contributed by atoms with Crippen LogP contribution in [0.15, 0.2) is 48.5 Å². The number of unbranched alkanes of at least 4 members (excludes halogenated alkanes) is 1. The fraction of sp³-hybridized carbons (Fsp3) is 0.458. The minimum absolute atomic E-state index is 0. The van der Waals surface area contributed by atoms with Crippen LogP contribution in [-0.4, -0.2) is 43.6 Å². The smallest absolute Gasteiger partial charge is 0.306 e. The topological polar surface area (TPSA) is 32.8 Å². The van der Waals surface area contributed by atoms with Crippen LogP contribution in [0, 0.1) is 0 Å². The van der Waals surface area contributed by atoms with Gasteiger partial charge in [0, 0.05) is 43.3 Å². The summed E-state index contributed by atoms with van der Waals surface area (Å²) in [6.07, 6.45) is 4.84. The van der Waals surface area contributed by atoms with Crippen molar-refractivity contribution in [2.24, 2.45) is 0 Å². The molecule has 0 aromatic heterocycles. The van der Waals surface area contributed by atoms with Gasteiger partial charge in [0.15, 0.2) is 0 Å². The number of carbonyl (C=O) groups excluding carboxylic acids is 1. The third-order valence-electron chi connectivity index (χ3n) is 5.97. The van der Waals surface area contributed by atoms with E-state index in [1.165, 1.54) is 30.6 Å². The fourth-order valence-corrected chi connectivity index (χ4v) is 4.41. The van der Waals surface area contributed by atoms with Gasteiger partial charge in [0.25, 0.3) is 0 Å². The molecule has 2 fully saturated rings. The van der Waals surface area contributed by atoms with Crippen molar-refractivity contribution in [2.45, 2.75) is 38.2 Å². The van der Waals surface area contributed by atoms with Crippen molar-refractivity contribution in [1.82, 2.24) is 4.90 Å². The molecule has 0 spiro atoms. The Morgan fingerprint density at radius 3 is 2.43 bits per heavy atom. The molecule has 1 unspecified atom stereocenters. The zero-order valence-electron chi connectivity index (χ0n) is 17.3. The van der Waals surface area contributed by atoms with Crippen LogP contribution in [0.5, 0.6) is 0 Å². The second-order valence-corrected chi connectivity index (χ2v) is 8.46. The zero-order chi connectivity index (χ0) is 20.1. The van der Waals surface area contributed by atoms with Gasteiger partial charge in [0.1, 0.15) is 6.10 Å². The van der Waals surface area contributed by atoms with Gasteiger partial charge in [-0.25, -0.2) is 0 Å². The lowest BCUT2D eigenvalue weighted by molar-refractivity contribution is -0.141. The van der Waals surface area contributed by atoms with E-state index >= 15 is 0 Å². The van der Waals surface area contributed by atoms with Crippen molar-refractivity contribution < 1.29 is 9.53 Å². The van der Waals surface area contributed by atoms with Crippen LogP contribution in [0.4, 0.5) is 5.69 Å². The van der Waals surface area contributed by atoms with Gasteiger partial charge in [0.05, 0.1) is 0 Å². The summed E-state index contributed by atoms with van der Waals surface area (Å²) >= 11 is 6.12. The number of esters is 1. The highest BCUT2D eigenvalue weighted by atomic mass is 35.5. The van der Waals surface area contributed by atoms with Crippen LogP contribution in [-0.2, 0) is 16.0 Å². The van der Waals surface area contributed by atoms with E-state index in [1.807, 2.05) is 12.1 Å². The highest BCUT2D eigenvalue weighted by Gasteiger charge is 2.24. The molecule has 4 rings (SSSR count). The van der Waals surface area contributed by atoms with E-state index in [4.69, 9.17) is 16.3 Å². The number of cyclic esters (lactones) is 1. The van der Waals surface area contributed by atoms with Crippen LogP contribution < -0.4 is 4.90 Å². The summed E-state index contributed by atoms with van der Waals surface area (Å²) in [7, 11) is 0. The van der Waals surface area contributed by atoms with E-state index in [-0.39, 0.29) is 24.5 Å². The minimum Gasteiger partial charge on any atom is -0.457 e. The number of hydrogen-bond donors (Lipinski definition) is 0. The molecule has 0 saturated carbocycles. The SMILES string of the molecule is Cl.O=C1CCC(c2ccc(CCCCN3CCN(c4cccc(Cl)c4)CC3)cc2)O1. The summed E-state index contributed by atoms with van der Waals surface area (Å²) in [5.74, 6) is -0.0764. The van der Waals surface area contributed by atoms with Gasteiger partial charge in [0.2, 0.25) is 0 Å². The Balaban J connectivity index is 0.00000256. The second kappa shape index (κ2) is 11.0. The number of carbonyl (C=O) groups is 1. The van der Waals surface area contributed by atoms with Crippen molar-refractivity contribution in [3.05, 3.63) is 64.7 Å². The lowest BCUT2D eigenvalue weighted by Crippen LogP contribution is -2.46. The lowest BCUT2D eigenvalue weighted by Gasteiger charge is -2.36. The van der Waals surface area contributed by atoms with Gasteiger partial charge >= 0.3 is 5.97 Å². The Kier molecular flexibility index (Phi) is 8.43. The molecule has 1 atom stereocenters. The van der Waals surface area contributed by atoms with Gasteiger partial charge in [-0.2, -0.15) is 0 Å². The molecule has 30 heavy (non-hydrogen) atoms. The number of anilines is 1. The van der Waals surface area contributed by atoms with Gasteiger partial charge in [-0.1, -0.05) is 41.9 Å². The Morgan fingerprint density at radius 2 is 1.77 bits per heavy atom. The Bertz CT molecular complexity index is 820. The molecule has 4 nitrogen and oxygen atoms in total. The lowest BCUT2D eigenvalue weighted by atomic mass is 10.0. The molecule has 2 aliphatic rings. The van der Waals surface area contributed by atoms with E-state index in [9.17, 15) is 4.79 Å². The number of hydrogen-bond acceptors (Lipinski definition) is 4. The average Bonchev–Trinajstić information content (AvgIpc) is 3.18. The molecule has 2 saturated heterocycles. The van der Waals surface area contributed by atoms with Crippen molar-refractivity contribution in [2.75, 3.05) is 37.6 Å². The summed E-state index contributed by atoms with van der Waals surface area (Å²) in [4.78, 5) is 16.3. The highest BCUT2D eigenvalue weighted by molar-refractivity contribution is 6.30. The number of rotatable bonds is 7. The number of aryl methyl sites for hydroxylation is 1. The van der Waals surface area contributed by atoms with Crippen molar-refractivity contribution in [3.63, 3.8) is 0 Å². The fourth-order valence-electron chi connectivity index (χ4n) is 4.23. The summed E-state index contributed by atoms with van der Waals surface area (Å²) in [6.45, 7) is 5.52. The standard InChI is InChI=1S/C24H29ClN2O2.ClH/c25-21-5-3-6-22(18-21)27-16-14-26(15-17-27)13-2-1-4-19-7-9-20(10-8-19)23-11-12-24(28)29-23;/h3,5-10,18,23H,1-2,4,11-17H2;1H. The van der Waals surface area contributed by atoms with Gasteiger partial charge < -0.3 is 9.64 Å². The summed E-state index contributed by atoms with van der Waals surface area (Å²) in [6, 6.07) is 16.8. The maximum Gasteiger partial charge on any atom is 0.306 e. The summed E-state index contributed by atoms with van der Waals surface area (Å²) in [5.41, 5.74) is 3.72. The maximum absolute atomic E-state index is 11.3. The highest BCUT2D eigenvalue weighted by Crippen LogP contribution is 2.29. The van der Waals surface area contributed by atoms with E-state index in [2.05, 4.69) is 46.2 Å². The average molecular weight is 449 g/mol. The van der Waals surface area contributed by atoms with Crippen molar-refractivity contribution in [3.8, 4) is 0 Å². The first-order valence-electron chi connectivity index (χ1n) is 10.7. The van der Waals surface area contributed by atoms with E-state index in [0.717, 1.165) is 49.6 Å². The number of piperazine rings is 1. The molecule has 0 radical (unpaired) electrons. The second-order valence-electron chi connectivity index (χ2n) is 8.02. The molecule has 0 N–H and O–H groups in total. The molecule has 162 valence electrons. The Morgan fingerprint density at radius 1 is 1.00 bits per heavy atom. The van der Waals surface area contributed by atoms with E-state index < -0.39 is 0 Å². The van der Waals surface area contributed by atoms with Crippen molar-refractivity contribution >= 4 is 35.7 Å². The number of nitrogens with zero attached hydrogens (tertiary/aromatic N) is 2. The van der Waals surface area contributed by atoms with Crippen LogP contribution in [0.2, 0.25) is 5.02 Å². The number of halogens is 2. The summed E-state index contributed by atoms with van der Waals surface area (Å²) < 4.78 is 5.34. The predicted octanol–water partition coefficient (Wildman–Crippen LogP) is 5.28. The van der Waals surface area contributed by atoms with Crippen LogP contribution in [0.25, 0.3) is 0 Å². The van der Waals surface area contributed by atoms with E-state index in [0.29, 0.717) is 6.42 Å². The van der Waals surface area contributed by atoms with Gasteiger partial charge in [-0.05, 0) is 61.6 Å². The number of ether oxygens (including phenoxy) is 1. The monoisotopic (exact) mass is 448 g/mol. The zero-order valence-corrected chi connectivity index (χ0v) is 18.8. The maximum atomic E-state index is 11.3. The molecule has 2 aliphatic heterocycles. The third-order valence-corrected chi connectivity index (χ3v) is 6.21. The third kappa shape index (κ3) is 6.13. The Labute approximate surface area is 190 Å². The predicted molar refractivity (Wildman–Crippen MR) is 125 cm³/mol. The first-order valence-corrected chi connectivity index (χ1v) is 11.1. The van der Waals surface area contributed by atoms with Crippen LogP contribution in [0.1, 0.15) is 42.9 Å². The molecule has 2 aromatic carbocycles. The van der Waals surface area contributed by atoms with E-state index in [1.54, 1.807) is 0 Å². The molecule has 6 heteroatoms. The molecular weight excluding hydrogens is 419 g/mol. The van der Waals surface area contributed by atoms with Crippen LogP contribution in [0.3, 0.4) is 0 Å². The van der Waals surface area contributed by atoms with Crippen molar-refractivity contribution in [1.29, 1.82) is 0 Å². The van der Waals surface area contributed by atoms with Gasteiger partial charge in [-0.3, -0.25) is 9.69 Å². The molecular formula is C24H30Cl2N2O2. The normalized spacial score (nSPS) is 19.4. The quantitative estimate of drug-likeness (QED) is 0.425.